The van der Waals surface area contributed by atoms with Gasteiger partial charge in [0.05, 0.1) is 17.2 Å². The van der Waals surface area contributed by atoms with Crippen molar-refractivity contribution in [3.8, 4) is 5.75 Å². The highest BCUT2D eigenvalue weighted by atomic mass is 79.9. The maximum atomic E-state index is 14.7. The number of thioether (sulfide) groups is 1. The number of anilines is 1. The van der Waals surface area contributed by atoms with Crippen molar-refractivity contribution in [1.29, 1.82) is 0 Å². The monoisotopic (exact) mass is 737 g/mol. The van der Waals surface area contributed by atoms with Gasteiger partial charge in [-0.15, -0.1) is 11.8 Å². The van der Waals surface area contributed by atoms with Crippen molar-refractivity contribution >= 4 is 55.2 Å². The summed E-state index contributed by atoms with van der Waals surface area (Å²) in [5.74, 6) is -0.517. The van der Waals surface area contributed by atoms with Crippen LogP contribution in [0.25, 0.3) is 0 Å². The summed E-state index contributed by atoms with van der Waals surface area (Å²) in [6, 6.07) is 29.4. The number of carbonyl (C=O) groups excluding carboxylic acids is 2. The zero-order valence-electron chi connectivity index (χ0n) is 26.8. The maximum Gasteiger partial charge on any atom is 0.264 e. The molecule has 0 aliphatic rings. The van der Waals surface area contributed by atoms with E-state index in [4.69, 9.17) is 4.74 Å². The number of hydrogen-bond donors (Lipinski definition) is 1. The quantitative estimate of drug-likeness (QED) is 0.125. The molecule has 0 spiro atoms. The molecule has 11 heteroatoms. The summed E-state index contributed by atoms with van der Waals surface area (Å²) in [6.07, 6.45) is 2.88. The van der Waals surface area contributed by atoms with Crippen LogP contribution in [0.1, 0.15) is 31.4 Å². The van der Waals surface area contributed by atoms with Gasteiger partial charge in [-0.2, -0.15) is 0 Å². The lowest BCUT2D eigenvalue weighted by molar-refractivity contribution is -0.140. The average molecular weight is 739 g/mol. The van der Waals surface area contributed by atoms with Crippen LogP contribution in [0.5, 0.6) is 5.75 Å². The number of benzene rings is 4. The average Bonchev–Trinajstić information content (AvgIpc) is 3.08. The minimum Gasteiger partial charge on any atom is -0.492 e. The SMILES string of the molecule is CCCNC(=O)[C@H](Cc1ccccc1)N(Cc1cccc(Br)c1)C(=O)CN(c1ccccc1OCC)S(=O)(=O)c1ccc(SC)cc1. The summed E-state index contributed by atoms with van der Waals surface area (Å²) in [6.45, 7) is 4.03. The highest BCUT2D eigenvalue weighted by molar-refractivity contribution is 9.10. The van der Waals surface area contributed by atoms with E-state index < -0.39 is 28.5 Å². The first-order chi connectivity index (χ1) is 22.7. The molecule has 0 aromatic heterocycles. The van der Waals surface area contributed by atoms with E-state index in [9.17, 15) is 18.0 Å². The molecule has 1 atom stereocenters. The van der Waals surface area contributed by atoms with Crippen LogP contribution in [0.15, 0.2) is 117 Å². The third-order valence-electron chi connectivity index (χ3n) is 7.42. The van der Waals surface area contributed by atoms with Gasteiger partial charge < -0.3 is 15.0 Å². The first kappa shape index (κ1) is 36.0. The number of carbonyl (C=O) groups is 2. The Morgan fingerprint density at radius 3 is 2.23 bits per heavy atom. The Kier molecular flexibility index (Phi) is 13.3. The standard InChI is InChI=1S/C36H40BrN3O5S2/c1-4-22-38-36(42)33(24-27-12-7-6-8-13-27)39(25-28-14-11-15-29(37)23-28)35(41)26-40(32-16-9-10-17-34(32)45-5-2)47(43,44)31-20-18-30(46-3)19-21-31/h6-21,23,33H,4-5,22,24-26H2,1-3H3,(H,38,42)/t33-/m0/s1. The number of rotatable bonds is 16. The Labute approximate surface area is 290 Å². The molecule has 0 radical (unpaired) electrons. The van der Waals surface area contributed by atoms with E-state index in [1.165, 1.54) is 28.8 Å². The second-order valence-electron chi connectivity index (χ2n) is 10.7. The second-order valence-corrected chi connectivity index (χ2v) is 14.4. The summed E-state index contributed by atoms with van der Waals surface area (Å²) in [4.78, 5) is 30.9. The third kappa shape index (κ3) is 9.62. The van der Waals surface area contributed by atoms with Gasteiger partial charge in [0, 0.05) is 28.9 Å². The first-order valence-corrected chi connectivity index (χ1v) is 18.9. The summed E-state index contributed by atoms with van der Waals surface area (Å²) in [5.41, 5.74) is 1.89. The van der Waals surface area contributed by atoms with Crippen LogP contribution in [-0.4, -0.2) is 57.1 Å². The minimum absolute atomic E-state index is 0.0365. The largest absolute Gasteiger partial charge is 0.492 e. The second kappa shape index (κ2) is 17.4. The lowest BCUT2D eigenvalue weighted by Crippen LogP contribution is -2.53. The van der Waals surface area contributed by atoms with Gasteiger partial charge in [-0.25, -0.2) is 8.42 Å². The van der Waals surface area contributed by atoms with Crippen LogP contribution in [-0.2, 0) is 32.6 Å². The molecular formula is C36H40BrN3O5S2. The van der Waals surface area contributed by atoms with Gasteiger partial charge in [0.2, 0.25) is 11.8 Å². The van der Waals surface area contributed by atoms with Crippen molar-refractivity contribution in [3.05, 3.63) is 119 Å². The minimum atomic E-state index is -4.26. The molecule has 47 heavy (non-hydrogen) atoms. The molecule has 0 heterocycles. The predicted octanol–water partition coefficient (Wildman–Crippen LogP) is 6.93. The van der Waals surface area contributed by atoms with Crippen molar-refractivity contribution in [1.82, 2.24) is 10.2 Å². The van der Waals surface area contributed by atoms with Crippen molar-refractivity contribution in [2.24, 2.45) is 0 Å². The number of amides is 2. The number of ether oxygens (including phenoxy) is 1. The van der Waals surface area contributed by atoms with Crippen molar-refractivity contribution in [2.75, 3.05) is 30.3 Å². The molecule has 0 unspecified atom stereocenters. The van der Waals surface area contributed by atoms with Crippen LogP contribution >= 0.6 is 27.7 Å². The van der Waals surface area contributed by atoms with Gasteiger partial charge in [0.25, 0.3) is 10.0 Å². The molecular weight excluding hydrogens is 698 g/mol. The van der Waals surface area contributed by atoms with Gasteiger partial charge in [0.15, 0.2) is 0 Å². The molecule has 0 aliphatic heterocycles. The normalized spacial score (nSPS) is 11.8. The highest BCUT2D eigenvalue weighted by Crippen LogP contribution is 2.33. The number of nitrogens with zero attached hydrogens (tertiary/aromatic N) is 2. The molecule has 1 N–H and O–H groups in total. The molecule has 0 bridgehead atoms. The van der Waals surface area contributed by atoms with Crippen LogP contribution in [0.4, 0.5) is 5.69 Å². The lowest BCUT2D eigenvalue weighted by Gasteiger charge is -2.34. The van der Waals surface area contributed by atoms with E-state index >= 15 is 0 Å². The Bertz CT molecular complexity index is 1740. The summed E-state index contributed by atoms with van der Waals surface area (Å²) >= 11 is 5.01. The van der Waals surface area contributed by atoms with Gasteiger partial charge >= 0.3 is 0 Å². The fourth-order valence-corrected chi connectivity index (χ4v) is 7.36. The number of para-hydroxylation sites is 2. The molecule has 2 amide bonds. The van der Waals surface area contributed by atoms with E-state index in [2.05, 4.69) is 21.2 Å². The first-order valence-electron chi connectivity index (χ1n) is 15.4. The van der Waals surface area contributed by atoms with Gasteiger partial charge in [-0.3, -0.25) is 13.9 Å². The zero-order chi connectivity index (χ0) is 33.8. The van der Waals surface area contributed by atoms with E-state index in [-0.39, 0.29) is 29.5 Å². The Balaban J connectivity index is 1.83. The predicted molar refractivity (Wildman–Crippen MR) is 192 cm³/mol. The Hall–Kier alpha value is -3.80. The van der Waals surface area contributed by atoms with Crippen molar-refractivity contribution < 1.29 is 22.7 Å². The molecule has 8 nitrogen and oxygen atoms in total. The number of nitrogens with one attached hydrogen (secondary N) is 1. The molecule has 0 fully saturated rings. The van der Waals surface area contributed by atoms with Crippen LogP contribution < -0.4 is 14.4 Å². The summed E-state index contributed by atoms with van der Waals surface area (Å²) in [5, 5.41) is 2.97. The van der Waals surface area contributed by atoms with E-state index in [1.54, 1.807) is 36.4 Å². The van der Waals surface area contributed by atoms with E-state index in [0.29, 0.717) is 18.9 Å². The topological polar surface area (TPSA) is 96.0 Å². The van der Waals surface area contributed by atoms with Gasteiger partial charge in [-0.05, 0) is 79.3 Å². The summed E-state index contributed by atoms with van der Waals surface area (Å²) in [7, 11) is -4.26. The molecule has 4 rings (SSSR count). The molecule has 4 aromatic rings. The van der Waals surface area contributed by atoms with Crippen LogP contribution in [0, 0.1) is 0 Å². The van der Waals surface area contributed by atoms with E-state index in [1.807, 2.05) is 74.7 Å². The number of hydrogen-bond acceptors (Lipinski definition) is 6. The van der Waals surface area contributed by atoms with Crippen molar-refractivity contribution in [3.63, 3.8) is 0 Å². The lowest BCUT2D eigenvalue weighted by atomic mass is 10.0. The number of sulfonamides is 1. The fraction of sp³-hybridized carbons (Fsp3) is 0.278. The van der Waals surface area contributed by atoms with Crippen LogP contribution in [0.2, 0.25) is 0 Å². The van der Waals surface area contributed by atoms with Gasteiger partial charge in [-0.1, -0.05) is 77.5 Å². The van der Waals surface area contributed by atoms with E-state index in [0.717, 1.165) is 31.2 Å². The molecule has 4 aromatic carbocycles. The molecule has 0 aliphatic carbocycles. The maximum absolute atomic E-state index is 14.7. The number of halogens is 1. The Morgan fingerprint density at radius 1 is 0.894 bits per heavy atom. The fourth-order valence-electron chi connectivity index (χ4n) is 5.08. The molecule has 0 saturated carbocycles. The Morgan fingerprint density at radius 2 is 1.57 bits per heavy atom. The zero-order valence-corrected chi connectivity index (χ0v) is 30.0. The van der Waals surface area contributed by atoms with Crippen molar-refractivity contribution in [2.45, 2.75) is 49.1 Å². The highest BCUT2D eigenvalue weighted by Gasteiger charge is 2.35. The third-order valence-corrected chi connectivity index (χ3v) is 10.4. The summed E-state index contributed by atoms with van der Waals surface area (Å²) < 4.78 is 36.5. The van der Waals surface area contributed by atoms with Crippen LogP contribution in [0.3, 0.4) is 0 Å². The smallest absolute Gasteiger partial charge is 0.264 e. The molecule has 0 saturated heterocycles. The molecule has 248 valence electrons. The van der Waals surface area contributed by atoms with Gasteiger partial charge in [0.1, 0.15) is 18.3 Å².